The van der Waals surface area contributed by atoms with Gasteiger partial charge in [-0.3, -0.25) is 9.59 Å². The Morgan fingerprint density at radius 2 is 1.95 bits per heavy atom. The molecular formula is C36H54N2O4. The second kappa shape index (κ2) is 13.5. The SMILES string of the molecule is CCC(CC[C@@H]1CCC[C@H]2[C@H]1CC[C@@H]1C[C@H](OC(=O)[C@@H](N)CCc3c[nH]c4ccccc34)CC[C@@]12C)[C@H](C)CC(=O)O. The Morgan fingerprint density at radius 1 is 1.14 bits per heavy atom. The van der Waals surface area contributed by atoms with E-state index in [1.165, 1.54) is 49.5 Å². The molecule has 1 unspecified atom stereocenters. The number of aryl methyl sites for hydroxylation is 1. The average Bonchev–Trinajstić information content (AvgIpc) is 3.39. The molecule has 0 aliphatic heterocycles. The first kappa shape index (κ1) is 31.1. The largest absolute Gasteiger partial charge is 0.481 e. The van der Waals surface area contributed by atoms with Crippen LogP contribution in [0.15, 0.2) is 30.5 Å². The van der Waals surface area contributed by atoms with Crippen LogP contribution >= 0.6 is 0 Å². The molecule has 1 aromatic carbocycles. The zero-order chi connectivity index (χ0) is 29.9. The fourth-order valence-electron chi connectivity index (χ4n) is 9.57. The molecule has 1 aromatic heterocycles. The van der Waals surface area contributed by atoms with E-state index in [4.69, 9.17) is 10.5 Å². The molecule has 5 rings (SSSR count). The van der Waals surface area contributed by atoms with Gasteiger partial charge in [-0.15, -0.1) is 0 Å². The Labute approximate surface area is 252 Å². The Kier molecular flexibility index (Phi) is 10.0. The van der Waals surface area contributed by atoms with Gasteiger partial charge in [-0.2, -0.15) is 0 Å². The third kappa shape index (κ3) is 6.74. The van der Waals surface area contributed by atoms with E-state index in [-0.39, 0.29) is 24.4 Å². The van der Waals surface area contributed by atoms with Gasteiger partial charge in [0.15, 0.2) is 0 Å². The summed E-state index contributed by atoms with van der Waals surface area (Å²) in [6.45, 7) is 6.90. The number of carbonyl (C=O) groups is 2. The van der Waals surface area contributed by atoms with Gasteiger partial charge in [0.2, 0.25) is 0 Å². The van der Waals surface area contributed by atoms with Crippen LogP contribution in [0.1, 0.15) is 110 Å². The number of esters is 1. The first-order valence-corrected chi connectivity index (χ1v) is 16.9. The highest BCUT2D eigenvalue weighted by Gasteiger charge is 2.53. The minimum atomic E-state index is -0.668. The van der Waals surface area contributed by atoms with Crippen LogP contribution in [0.25, 0.3) is 10.9 Å². The van der Waals surface area contributed by atoms with Crippen LogP contribution in [0, 0.1) is 40.9 Å². The number of carboxylic acids is 1. The van der Waals surface area contributed by atoms with E-state index in [9.17, 15) is 14.7 Å². The number of hydrogen-bond acceptors (Lipinski definition) is 4. The lowest BCUT2D eigenvalue weighted by atomic mass is 9.47. The maximum Gasteiger partial charge on any atom is 0.323 e. The maximum atomic E-state index is 13.0. The van der Waals surface area contributed by atoms with Crippen LogP contribution in [0.3, 0.4) is 0 Å². The number of rotatable bonds is 12. The third-order valence-electron chi connectivity index (χ3n) is 12.1. The van der Waals surface area contributed by atoms with E-state index in [0.29, 0.717) is 23.7 Å². The first-order chi connectivity index (χ1) is 20.2. The summed E-state index contributed by atoms with van der Waals surface area (Å²) in [5.41, 5.74) is 8.99. The number of aliphatic carboxylic acids is 1. The molecule has 3 aliphatic rings. The van der Waals surface area contributed by atoms with Gasteiger partial charge in [0, 0.05) is 23.5 Å². The molecule has 232 valence electrons. The number of hydrogen-bond donors (Lipinski definition) is 3. The van der Waals surface area contributed by atoms with Crippen LogP contribution in [0.4, 0.5) is 0 Å². The van der Waals surface area contributed by atoms with Crippen molar-refractivity contribution in [3.63, 3.8) is 0 Å². The third-order valence-corrected chi connectivity index (χ3v) is 12.1. The van der Waals surface area contributed by atoms with E-state index < -0.39 is 12.0 Å². The van der Waals surface area contributed by atoms with Crippen molar-refractivity contribution < 1.29 is 19.4 Å². The van der Waals surface area contributed by atoms with E-state index in [2.05, 4.69) is 37.9 Å². The fourth-order valence-corrected chi connectivity index (χ4v) is 9.57. The van der Waals surface area contributed by atoms with Crippen molar-refractivity contribution in [2.24, 2.45) is 46.7 Å². The van der Waals surface area contributed by atoms with Gasteiger partial charge in [-0.1, -0.05) is 58.2 Å². The summed E-state index contributed by atoms with van der Waals surface area (Å²) in [6, 6.07) is 7.65. The van der Waals surface area contributed by atoms with Crippen LogP contribution in [-0.4, -0.2) is 34.2 Å². The molecule has 3 fully saturated rings. The number of ether oxygens (including phenoxy) is 1. The van der Waals surface area contributed by atoms with E-state index in [1.807, 2.05) is 18.3 Å². The van der Waals surface area contributed by atoms with Crippen molar-refractivity contribution in [1.29, 1.82) is 0 Å². The molecule has 6 heteroatoms. The highest BCUT2D eigenvalue weighted by molar-refractivity contribution is 5.83. The monoisotopic (exact) mass is 578 g/mol. The molecule has 0 amide bonds. The summed E-state index contributed by atoms with van der Waals surface area (Å²) in [5.74, 6) is 2.80. The maximum absolute atomic E-state index is 13.0. The minimum absolute atomic E-state index is 0.00770. The summed E-state index contributed by atoms with van der Waals surface area (Å²) in [7, 11) is 0. The van der Waals surface area contributed by atoms with Crippen molar-refractivity contribution in [3.05, 3.63) is 36.0 Å². The number of benzene rings is 1. The summed E-state index contributed by atoms with van der Waals surface area (Å²) in [6.07, 6.45) is 16.7. The summed E-state index contributed by atoms with van der Waals surface area (Å²) in [4.78, 5) is 27.6. The number of aromatic amines is 1. The zero-order valence-electron chi connectivity index (χ0n) is 26.2. The van der Waals surface area contributed by atoms with Gasteiger partial charge < -0.3 is 20.6 Å². The Balaban J connectivity index is 1.12. The molecular weight excluding hydrogens is 524 g/mol. The van der Waals surface area contributed by atoms with Crippen molar-refractivity contribution >= 4 is 22.8 Å². The zero-order valence-corrected chi connectivity index (χ0v) is 26.2. The van der Waals surface area contributed by atoms with Gasteiger partial charge >= 0.3 is 11.9 Å². The molecule has 3 aliphatic carbocycles. The number of fused-ring (bicyclic) bond motifs is 4. The lowest BCUT2D eigenvalue weighted by Crippen LogP contribution is -2.51. The summed E-state index contributed by atoms with van der Waals surface area (Å²) in [5, 5.41) is 10.5. The predicted molar refractivity (Wildman–Crippen MR) is 168 cm³/mol. The van der Waals surface area contributed by atoms with E-state index >= 15 is 0 Å². The van der Waals surface area contributed by atoms with Crippen LogP contribution in [0.5, 0.6) is 0 Å². The topological polar surface area (TPSA) is 105 Å². The van der Waals surface area contributed by atoms with Crippen molar-refractivity contribution in [1.82, 2.24) is 4.98 Å². The van der Waals surface area contributed by atoms with Crippen LogP contribution < -0.4 is 5.73 Å². The van der Waals surface area contributed by atoms with Crippen LogP contribution in [0.2, 0.25) is 0 Å². The fraction of sp³-hybridized carbons (Fsp3) is 0.722. The van der Waals surface area contributed by atoms with Crippen molar-refractivity contribution in [2.45, 2.75) is 123 Å². The van der Waals surface area contributed by atoms with E-state index in [0.717, 1.165) is 61.8 Å². The molecule has 4 N–H and O–H groups in total. The molecule has 6 nitrogen and oxygen atoms in total. The number of nitrogens with one attached hydrogen (secondary N) is 1. The highest BCUT2D eigenvalue weighted by atomic mass is 16.5. The normalized spacial score (nSPS) is 31.5. The molecule has 42 heavy (non-hydrogen) atoms. The Morgan fingerprint density at radius 3 is 2.74 bits per heavy atom. The highest BCUT2D eigenvalue weighted by Crippen LogP contribution is 2.61. The molecule has 0 spiro atoms. The lowest BCUT2D eigenvalue weighted by molar-refractivity contribution is -0.160. The average molecular weight is 579 g/mol. The molecule has 2 aromatic rings. The van der Waals surface area contributed by atoms with Crippen LogP contribution in [-0.2, 0) is 20.7 Å². The Bertz CT molecular complexity index is 1210. The predicted octanol–water partition coefficient (Wildman–Crippen LogP) is 7.89. The van der Waals surface area contributed by atoms with Gasteiger partial charge in [-0.05, 0) is 117 Å². The standard InChI is InChI=1S/C36H54N2O4/c1-4-24(23(2)20-34(39)40)12-13-25-8-7-10-31-29(25)16-15-27-21-28(18-19-36(27,31)3)42-35(41)32(37)17-14-26-22-38-33-11-6-5-9-30(26)33/h5-6,9,11,22-25,27-29,31-32,38H,4,7-8,10,12-21,37H2,1-3H3,(H,39,40)/t23-,24?,25+,27-,28-,29+,31+,32+,36+/m1/s1. The molecule has 0 saturated heterocycles. The summed E-state index contributed by atoms with van der Waals surface area (Å²) < 4.78 is 6.08. The van der Waals surface area contributed by atoms with Gasteiger partial charge in [-0.25, -0.2) is 0 Å². The van der Waals surface area contributed by atoms with Gasteiger partial charge in [0.25, 0.3) is 0 Å². The number of H-pyrrole nitrogens is 1. The summed E-state index contributed by atoms with van der Waals surface area (Å²) >= 11 is 0. The quantitative estimate of drug-likeness (QED) is 0.222. The lowest BCUT2D eigenvalue weighted by Gasteiger charge is -2.58. The molecule has 0 bridgehead atoms. The molecule has 1 heterocycles. The molecule has 0 radical (unpaired) electrons. The number of para-hydroxylation sites is 1. The second-order valence-corrected chi connectivity index (χ2v) is 14.4. The number of nitrogens with two attached hydrogens (primary N) is 1. The molecule has 3 saturated carbocycles. The Hall–Kier alpha value is -2.34. The van der Waals surface area contributed by atoms with Crippen molar-refractivity contribution in [3.8, 4) is 0 Å². The van der Waals surface area contributed by atoms with Gasteiger partial charge in [0.1, 0.15) is 12.1 Å². The van der Waals surface area contributed by atoms with Gasteiger partial charge in [0.05, 0.1) is 0 Å². The van der Waals surface area contributed by atoms with Crippen molar-refractivity contribution in [2.75, 3.05) is 0 Å². The minimum Gasteiger partial charge on any atom is -0.481 e. The smallest absolute Gasteiger partial charge is 0.323 e. The number of carboxylic acid groups (broad SMARTS) is 1. The number of aromatic nitrogens is 1. The van der Waals surface area contributed by atoms with E-state index in [1.54, 1.807) is 0 Å². The second-order valence-electron chi connectivity index (χ2n) is 14.4. The molecule has 9 atom stereocenters. The number of carbonyl (C=O) groups excluding carboxylic acids is 1. The first-order valence-electron chi connectivity index (χ1n) is 16.9.